The molecule has 21 heavy (non-hydrogen) atoms. The van der Waals surface area contributed by atoms with Gasteiger partial charge in [-0.25, -0.2) is 9.37 Å². The molecule has 2 atom stereocenters. The summed E-state index contributed by atoms with van der Waals surface area (Å²) in [4.78, 5) is 4.55. The minimum Gasteiger partial charge on any atom is -0.379 e. The second kappa shape index (κ2) is 5.52. The van der Waals surface area contributed by atoms with Crippen molar-refractivity contribution in [3.63, 3.8) is 0 Å². The first-order valence-electron chi connectivity index (χ1n) is 7.02. The fraction of sp³-hybridized carbons (Fsp3) is 0.533. The highest BCUT2D eigenvalue weighted by Gasteiger charge is 2.34. The summed E-state index contributed by atoms with van der Waals surface area (Å²) < 4.78 is 22.0. The van der Waals surface area contributed by atoms with E-state index in [9.17, 15) is 4.39 Å². The van der Waals surface area contributed by atoms with Crippen LogP contribution in [0, 0.1) is 5.82 Å². The fourth-order valence-corrected chi connectivity index (χ4v) is 3.50. The van der Waals surface area contributed by atoms with Gasteiger partial charge in [-0.3, -0.25) is 0 Å². The maximum absolute atomic E-state index is 13.8. The van der Waals surface area contributed by atoms with Gasteiger partial charge in [0.15, 0.2) is 0 Å². The first kappa shape index (κ1) is 15.3. The van der Waals surface area contributed by atoms with Gasteiger partial charge in [-0.1, -0.05) is 0 Å². The van der Waals surface area contributed by atoms with Gasteiger partial charge in [0.1, 0.15) is 11.6 Å². The number of aromatic nitrogens is 2. The lowest BCUT2D eigenvalue weighted by molar-refractivity contribution is 0.0101. The summed E-state index contributed by atoms with van der Waals surface area (Å²) >= 11 is 9.57. The minimum absolute atomic E-state index is 0.206. The zero-order chi connectivity index (χ0) is 15.2. The zero-order valence-electron chi connectivity index (χ0n) is 12.0. The van der Waals surface area contributed by atoms with Crippen molar-refractivity contribution < 1.29 is 9.13 Å². The molecule has 2 heterocycles. The number of ether oxygens (including phenoxy) is 1. The summed E-state index contributed by atoms with van der Waals surface area (Å²) in [5.74, 6) is 0.447. The quantitative estimate of drug-likeness (QED) is 0.707. The van der Waals surface area contributed by atoms with Gasteiger partial charge < -0.3 is 9.30 Å². The Kier molecular flexibility index (Phi) is 4.01. The van der Waals surface area contributed by atoms with Crippen LogP contribution in [0.15, 0.2) is 16.6 Å². The Balaban J connectivity index is 2.27. The third-order valence-electron chi connectivity index (χ3n) is 4.04. The highest BCUT2D eigenvalue weighted by atomic mass is 79.9. The van der Waals surface area contributed by atoms with E-state index < -0.39 is 0 Å². The van der Waals surface area contributed by atoms with Crippen molar-refractivity contribution >= 4 is 38.6 Å². The van der Waals surface area contributed by atoms with Gasteiger partial charge in [0.25, 0.3) is 0 Å². The van der Waals surface area contributed by atoms with E-state index in [2.05, 4.69) is 32.4 Å². The summed E-state index contributed by atoms with van der Waals surface area (Å²) in [6.07, 6.45) is 1.98. The maximum atomic E-state index is 13.8. The molecule has 0 N–H and O–H groups in total. The highest BCUT2D eigenvalue weighted by Crippen LogP contribution is 2.37. The van der Waals surface area contributed by atoms with Crippen molar-refractivity contribution in [2.24, 2.45) is 0 Å². The molecule has 6 heteroatoms. The van der Waals surface area contributed by atoms with Crippen LogP contribution in [-0.2, 0) is 10.3 Å². The highest BCUT2D eigenvalue weighted by molar-refractivity contribution is 9.10. The molecule has 114 valence electrons. The smallest absolute Gasteiger partial charge is 0.139 e. The predicted molar refractivity (Wildman–Crippen MR) is 85.4 cm³/mol. The first-order chi connectivity index (χ1) is 9.92. The van der Waals surface area contributed by atoms with Crippen LogP contribution in [0.4, 0.5) is 4.39 Å². The number of hydrogen-bond acceptors (Lipinski definition) is 2. The number of imidazole rings is 1. The van der Waals surface area contributed by atoms with Gasteiger partial charge in [0.05, 0.1) is 33.0 Å². The van der Waals surface area contributed by atoms with E-state index in [0.717, 1.165) is 30.8 Å². The van der Waals surface area contributed by atoms with Crippen molar-refractivity contribution in [2.45, 2.75) is 37.6 Å². The Morgan fingerprint density at radius 1 is 1.52 bits per heavy atom. The number of benzene rings is 1. The van der Waals surface area contributed by atoms with Gasteiger partial charge in [-0.15, -0.1) is 11.6 Å². The number of hydrogen-bond donors (Lipinski definition) is 0. The van der Waals surface area contributed by atoms with Gasteiger partial charge >= 0.3 is 0 Å². The Morgan fingerprint density at radius 3 is 2.90 bits per heavy atom. The summed E-state index contributed by atoms with van der Waals surface area (Å²) in [6.45, 7) is 5.43. The summed E-state index contributed by atoms with van der Waals surface area (Å²) in [5, 5.41) is -0.252. The number of rotatable bonds is 2. The molecule has 3 rings (SSSR count). The molecule has 1 aliphatic rings. The topological polar surface area (TPSA) is 27.1 Å². The van der Waals surface area contributed by atoms with E-state index in [1.165, 1.54) is 6.07 Å². The zero-order valence-corrected chi connectivity index (χ0v) is 14.3. The molecule has 1 aromatic carbocycles. The number of alkyl halides is 1. The van der Waals surface area contributed by atoms with Crippen LogP contribution >= 0.6 is 27.5 Å². The molecule has 1 aromatic heterocycles. The van der Waals surface area contributed by atoms with E-state index in [-0.39, 0.29) is 16.7 Å². The predicted octanol–water partition coefficient (Wildman–Crippen LogP) is 4.76. The summed E-state index contributed by atoms with van der Waals surface area (Å²) in [5.41, 5.74) is 1.31. The molecule has 0 bridgehead atoms. The number of halogens is 3. The van der Waals surface area contributed by atoms with Crippen LogP contribution in [-0.4, -0.2) is 22.8 Å². The molecular formula is C15H17BrClFN2O. The van der Waals surface area contributed by atoms with Crippen LogP contribution in [0.1, 0.15) is 37.9 Å². The second-order valence-corrected chi connectivity index (χ2v) is 7.34. The molecule has 1 aliphatic heterocycles. The molecule has 0 saturated carbocycles. The van der Waals surface area contributed by atoms with Gasteiger partial charge in [-0.05, 0) is 48.7 Å². The van der Waals surface area contributed by atoms with Crippen LogP contribution in [0.25, 0.3) is 11.0 Å². The van der Waals surface area contributed by atoms with Crippen molar-refractivity contribution in [1.82, 2.24) is 9.55 Å². The van der Waals surface area contributed by atoms with Crippen LogP contribution in [0.5, 0.6) is 0 Å². The number of nitrogens with zero attached hydrogens (tertiary/aromatic N) is 2. The van der Waals surface area contributed by atoms with Gasteiger partial charge in [-0.2, -0.15) is 0 Å². The average Bonchev–Trinajstić information content (AvgIpc) is 2.79. The normalized spacial score (nSPS) is 24.4. The van der Waals surface area contributed by atoms with Crippen molar-refractivity contribution in [1.29, 1.82) is 0 Å². The molecule has 0 radical (unpaired) electrons. The van der Waals surface area contributed by atoms with Gasteiger partial charge in [0.2, 0.25) is 0 Å². The van der Waals surface area contributed by atoms with E-state index in [1.54, 1.807) is 6.07 Å². The lowest BCUT2D eigenvalue weighted by Crippen LogP contribution is -2.40. The largest absolute Gasteiger partial charge is 0.379 e. The Labute approximate surface area is 136 Å². The number of fused-ring (bicyclic) bond motifs is 1. The molecule has 2 aromatic rings. The fourth-order valence-electron chi connectivity index (χ4n) is 3.02. The molecule has 1 saturated heterocycles. The second-order valence-electron chi connectivity index (χ2n) is 5.83. The average molecular weight is 376 g/mol. The Morgan fingerprint density at radius 2 is 2.29 bits per heavy atom. The van der Waals surface area contributed by atoms with E-state index >= 15 is 0 Å². The molecule has 0 spiro atoms. The third-order valence-corrected chi connectivity index (χ3v) is 4.84. The molecular weight excluding hydrogens is 359 g/mol. The Bertz CT molecular complexity index is 680. The van der Waals surface area contributed by atoms with E-state index in [0.29, 0.717) is 16.6 Å². The van der Waals surface area contributed by atoms with Gasteiger partial charge in [0, 0.05) is 12.7 Å². The van der Waals surface area contributed by atoms with E-state index in [1.807, 2.05) is 6.92 Å². The maximum Gasteiger partial charge on any atom is 0.139 e. The third kappa shape index (κ3) is 2.60. The summed E-state index contributed by atoms with van der Waals surface area (Å²) in [6, 6.07) is 3.23. The van der Waals surface area contributed by atoms with Crippen LogP contribution in [0.3, 0.4) is 0 Å². The first-order valence-corrected chi connectivity index (χ1v) is 8.25. The minimum atomic E-state index is -0.314. The van der Waals surface area contributed by atoms with Crippen molar-refractivity contribution in [2.75, 3.05) is 13.2 Å². The molecule has 1 fully saturated rings. The van der Waals surface area contributed by atoms with Crippen molar-refractivity contribution in [3.05, 3.63) is 28.2 Å². The molecule has 2 unspecified atom stereocenters. The SMILES string of the molecule is CC(Cl)c1nc2cc(F)c(Br)cc2n1C1(C)CCCOC1. The van der Waals surface area contributed by atoms with Crippen molar-refractivity contribution in [3.8, 4) is 0 Å². The molecule has 0 aliphatic carbocycles. The molecule has 0 amide bonds. The standard InChI is InChI=1S/C15H17BrClFN2O/c1-9(17)14-19-12-7-11(18)10(16)6-13(12)20(14)15(2)4-3-5-21-8-15/h6-7,9H,3-5,8H2,1-2H3. The lowest BCUT2D eigenvalue weighted by Gasteiger charge is -2.37. The van der Waals surface area contributed by atoms with Crippen LogP contribution in [0.2, 0.25) is 0 Å². The molecule has 3 nitrogen and oxygen atoms in total. The van der Waals surface area contributed by atoms with E-state index in [4.69, 9.17) is 16.3 Å². The monoisotopic (exact) mass is 374 g/mol. The van der Waals surface area contributed by atoms with Crippen LogP contribution < -0.4 is 0 Å². The lowest BCUT2D eigenvalue weighted by atomic mass is 9.94. The summed E-state index contributed by atoms with van der Waals surface area (Å²) in [7, 11) is 0. The Hall–Kier alpha value is -0.650.